The van der Waals surface area contributed by atoms with Crippen LogP contribution in [0.15, 0.2) is 24.9 Å². The quantitative estimate of drug-likeness (QED) is 0.789. The van der Waals surface area contributed by atoms with E-state index in [4.69, 9.17) is 4.74 Å². The van der Waals surface area contributed by atoms with Gasteiger partial charge in [0.1, 0.15) is 6.61 Å². The highest BCUT2D eigenvalue weighted by Crippen LogP contribution is 2.14. The van der Waals surface area contributed by atoms with Crippen LogP contribution in [0.3, 0.4) is 0 Å². The molecular weight excluding hydrogens is 228 g/mol. The van der Waals surface area contributed by atoms with Crippen LogP contribution in [-0.4, -0.2) is 19.3 Å². The normalized spacial score (nSPS) is 11.1. The summed E-state index contributed by atoms with van der Waals surface area (Å²) in [5.74, 6) is 0.799. The molecule has 0 saturated carbocycles. The van der Waals surface area contributed by atoms with Gasteiger partial charge in [-0.1, -0.05) is 6.92 Å². The van der Waals surface area contributed by atoms with Gasteiger partial charge in [-0.3, -0.25) is 4.68 Å². The van der Waals surface area contributed by atoms with Gasteiger partial charge in [0.15, 0.2) is 5.75 Å². The lowest BCUT2D eigenvalue weighted by atomic mass is 10.4. The molecule has 0 spiro atoms. The van der Waals surface area contributed by atoms with E-state index >= 15 is 0 Å². The fourth-order valence-electron chi connectivity index (χ4n) is 1.75. The van der Waals surface area contributed by atoms with E-state index in [1.165, 1.54) is 0 Å². The van der Waals surface area contributed by atoms with Gasteiger partial charge in [-0.2, -0.15) is 5.10 Å². The standard InChI is InChI=1S/C13H20N4O/c1-4-5-16-10-14-6-12(16)9-18-13-7-15-17(8-13)11(2)3/h6-8,10-11H,4-5,9H2,1-3H3. The molecule has 2 rings (SSSR count). The molecule has 98 valence electrons. The van der Waals surface area contributed by atoms with Crippen LogP contribution in [0.4, 0.5) is 0 Å². The van der Waals surface area contributed by atoms with E-state index < -0.39 is 0 Å². The van der Waals surface area contributed by atoms with E-state index in [9.17, 15) is 0 Å². The first-order valence-electron chi connectivity index (χ1n) is 6.36. The number of aromatic nitrogens is 4. The topological polar surface area (TPSA) is 44.9 Å². The van der Waals surface area contributed by atoms with Gasteiger partial charge in [-0.15, -0.1) is 0 Å². The third-order valence-corrected chi connectivity index (χ3v) is 2.76. The van der Waals surface area contributed by atoms with Gasteiger partial charge in [0, 0.05) is 12.6 Å². The second kappa shape index (κ2) is 5.71. The Hall–Kier alpha value is -1.78. The van der Waals surface area contributed by atoms with Gasteiger partial charge in [0.05, 0.1) is 30.6 Å². The monoisotopic (exact) mass is 248 g/mol. The van der Waals surface area contributed by atoms with Crippen molar-refractivity contribution >= 4 is 0 Å². The van der Waals surface area contributed by atoms with Gasteiger partial charge >= 0.3 is 0 Å². The summed E-state index contributed by atoms with van der Waals surface area (Å²) in [5, 5.41) is 4.24. The molecule has 0 saturated heterocycles. The maximum atomic E-state index is 5.72. The van der Waals surface area contributed by atoms with Crippen molar-refractivity contribution in [1.29, 1.82) is 0 Å². The first kappa shape index (κ1) is 12.7. The van der Waals surface area contributed by atoms with E-state index in [2.05, 4.69) is 35.4 Å². The first-order valence-corrected chi connectivity index (χ1v) is 6.36. The number of nitrogens with zero attached hydrogens (tertiary/aromatic N) is 4. The van der Waals surface area contributed by atoms with Crippen LogP contribution >= 0.6 is 0 Å². The molecule has 0 bridgehead atoms. The molecule has 2 aromatic rings. The molecule has 0 radical (unpaired) electrons. The lowest BCUT2D eigenvalue weighted by molar-refractivity contribution is 0.294. The summed E-state index contributed by atoms with van der Waals surface area (Å²) < 4.78 is 9.73. The number of hydrogen-bond donors (Lipinski definition) is 0. The number of hydrogen-bond acceptors (Lipinski definition) is 3. The Labute approximate surface area is 107 Å². The van der Waals surface area contributed by atoms with Crippen LogP contribution in [0.1, 0.15) is 38.9 Å². The first-order chi connectivity index (χ1) is 8.70. The summed E-state index contributed by atoms with van der Waals surface area (Å²) in [6.07, 6.45) is 8.46. The molecule has 5 nitrogen and oxygen atoms in total. The average Bonchev–Trinajstić information content (AvgIpc) is 2.95. The fourth-order valence-corrected chi connectivity index (χ4v) is 1.75. The van der Waals surface area contributed by atoms with Crippen LogP contribution in [0.2, 0.25) is 0 Å². The van der Waals surface area contributed by atoms with E-state index in [1.807, 2.05) is 23.4 Å². The smallest absolute Gasteiger partial charge is 0.157 e. The molecule has 5 heteroatoms. The van der Waals surface area contributed by atoms with Gasteiger partial charge in [-0.05, 0) is 20.3 Å². The van der Waals surface area contributed by atoms with Crippen molar-refractivity contribution in [2.75, 3.05) is 0 Å². The van der Waals surface area contributed by atoms with Crippen molar-refractivity contribution < 1.29 is 4.74 Å². The molecule has 2 heterocycles. The Morgan fingerprint density at radius 2 is 2.17 bits per heavy atom. The summed E-state index contributed by atoms with van der Waals surface area (Å²) >= 11 is 0. The fraction of sp³-hybridized carbons (Fsp3) is 0.538. The second-order valence-electron chi connectivity index (χ2n) is 4.62. The molecule has 0 amide bonds. The minimum atomic E-state index is 0.355. The van der Waals surface area contributed by atoms with Crippen molar-refractivity contribution in [1.82, 2.24) is 19.3 Å². The molecule has 0 aliphatic heterocycles. The molecule has 0 atom stereocenters. The number of imidazole rings is 1. The van der Waals surface area contributed by atoms with Crippen molar-refractivity contribution in [3.8, 4) is 5.75 Å². The predicted molar refractivity (Wildman–Crippen MR) is 69.5 cm³/mol. The number of ether oxygens (including phenoxy) is 1. The Balaban J connectivity index is 1.95. The van der Waals surface area contributed by atoms with E-state index in [1.54, 1.807) is 6.20 Å². The summed E-state index contributed by atoms with van der Waals surface area (Å²) in [6, 6.07) is 0.355. The maximum Gasteiger partial charge on any atom is 0.157 e. The van der Waals surface area contributed by atoms with E-state index in [-0.39, 0.29) is 0 Å². The SMILES string of the molecule is CCCn1cncc1COc1cnn(C(C)C)c1. The Morgan fingerprint density at radius 1 is 1.33 bits per heavy atom. The summed E-state index contributed by atoms with van der Waals surface area (Å²) in [7, 11) is 0. The Kier molecular flexibility index (Phi) is 4.02. The molecular formula is C13H20N4O. The largest absolute Gasteiger partial charge is 0.484 e. The summed E-state index contributed by atoms with van der Waals surface area (Å²) in [6.45, 7) is 7.84. The molecule has 18 heavy (non-hydrogen) atoms. The van der Waals surface area contributed by atoms with Crippen LogP contribution in [0, 0.1) is 0 Å². The molecule has 0 aliphatic carbocycles. The Bertz CT molecular complexity index is 487. The van der Waals surface area contributed by atoms with Crippen LogP contribution < -0.4 is 4.74 Å². The highest BCUT2D eigenvalue weighted by molar-refractivity contribution is 5.13. The van der Waals surface area contributed by atoms with Gasteiger partial charge in [-0.25, -0.2) is 4.98 Å². The summed E-state index contributed by atoms with van der Waals surface area (Å²) in [4.78, 5) is 4.15. The zero-order valence-corrected chi connectivity index (χ0v) is 11.2. The van der Waals surface area contributed by atoms with E-state index in [0.29, 0.717) is 12.6 Å². The molecule has 0 N–H and O–H groups in total. The average molecular weight is 248 g/mol. The zero-order chi connectivity index (χ0) is 13.0. The highest BCUT2D eigenvalue weighted by atomic mass is 16.5. The van der Waals surface area contributed by atoms with E-state index in [0.717, 1.165) is 24.4 Å². The minimum absolute atomic E-state index is 0.355. The summed E-state index contributed by atoms with van der Waals surface area (Å²) in [5.41, 5.74) is 1.09. The van der Waals surface area contributed by atoms with Crippen molar-refractivity contribution in [2.45, 2.75) is 46.4 Å². The molecule has 0 aromatic carbocycles. The lowest BCUT2D eigenvalue weighted by Gasteiger charge is -2.07. The van der Waals surface area contributed by atoms with Gasteiger partial charge in [0.25, 0.3) is 0 Å². The van der Waals surface area contributed by atoms with Crippen molar-refractivity contribution in [3.63, 3.8) is 0 Å². The van der Waals surface area contributed by atoms with Gasteiger partial charge < -0.3 is 9.30 Å². The number of rotatable bonds is 6. The highest BCUT2D eigenvalue weighted by Gasteiger charge is 2.05. The Morgan fingerprint density at radius 3 is 2.83 bits per heavy atom. The third kappa shape index (κ3) is 2.91. The number of aryl methyl sites for hydroxylation is 1. The zero-order valence-electron chi connectivity index (χ0n) is 11.2. The maximum absolute atomic E-state index is 5.72. The second-order valence-corrected chi connectivity index (χ2v) is 4.62. The van der Waals surface area contributed by atoms with Crippen LogP contribution in [0.5, 0.6) is 5.75 Å². The third-order valence-electron chi connectivity index (χ3n) is 2.76. The molecule has 0 unspecified atom stereocenters. The molecule has 0 aliphatic rings. The van der Waals surface area contributed by atoms with Crippen LogP contribution in [-0.2, 0) is 13.2 Å². The molecule has 0 fully saturated rings. The van der Waals surface area contributed by atoms with Crippen LogP contribution in [0.25, 0.3) is 0 Å². The minimum Gasteiger partial charge on any atom is -0.484 e. The van der Waals surface area contributed by atoms with Gasteiger partial charge in [0.2, 0.25) is 0 Å². The molecule has 2 aromatic heterocycles. The van der Waals surface area contributed by atoms with Crippen molar-refractivity contribution in [2.24, 2.45) is 0 Å². The predicted octanol–water partition coefficient (Wildman–Crippen LogP) is 2.65. The lowest BCUT2D eigenvalue weighted by Crippen LogP contribution is -2.04. The van der Waals surface area contributed by atoms with Crippen molar-refractivity contribution in [3.05, 3.63) is 30.6 Å².